The molecule has 0 atom stereocenters. The van der Waals surface area contributed by atoms with Crippen LogP contribution in [0.2, 0.25) is 0 Å². The number of carbonyl (C=O) groups excluding carboxylic acids is 1. The highest BCUT2D eigenvalue weighted by Crippen LogP contribution is 2.26. The van der Waals surface area contributed by atoms with Crippen LogP contribution in [0.4, 0.5) is 10.2 Å². The van der Waals surface area contributed by atoms with Gasteiger partial charge in [-0.1, -0.05) is 0 Å². The Kier molecular flexibility index (Phi) is 5.91. The smallest absolute Gasteiger partial charge is 0.256 e. The normalized spacial score (nSPS) is 14.2. The topological polar surface area (TPSA) is 89.0 Å². The number of hydrogen-bond donors (Lipinski definition) is 2. The second kappa shape index (κ2) is 9.30. The van der Waals surface area contributed by atoms with Gasteiger partial charge in [0.1, 0.15) is 23.5 Å². The van der Waals surface area contributed by atoms with Crippen molar-refractivity contribution in [1.29, 1.82) is 0 Å². The molecule has 2 N–H and O–H groups in total. The second-order valence-electron chi connectivity index (χ2n) is 7.92. The zero-order valence-electron chi connectivity index (χ0n) is 17.8. The molecule has 1 aliphatic rings. The molecular formula is C25H22FN5O2. The van der Waals surface area contributed by atoms with Gasteiger partial charge in [-0.3, -0.25) is 14.8 Å². The Hall–Kier alpha value is -3.91. The molecule has 4 heterocycles. The predicted octanol–water partition coefficient (Wildman–Crippen LogP) is 4.21. The fraction of sp³-hybridized carbons (Fsp3) is 0.200. The first-order chi connectivity index (χ1) is 16.1. The molecule has 0 saturated carbocycles. The van der Waals surface area contributed by atoms with Gasteiger partial charge in [-0.25, -0.2) is 9.37 Å². The lowest BCUT2D eigenvalue weighted by atomic mass is 10.1. The van der Waals surface area contributed by atoms with Crippen molar-refractivity contribution < 1.29 is 13.9 Å². The van der Waals surface area contributed by atoms with Crippen LogP contribution < -0.4 is 15.4 Å². The number of hydrogen-bond acceptors (Lipinski definition) is 6. The number of fused-ring (bicyclic) bond motifs is 1. The largest absolute Gasteiger partial charge is 0.489 e. The molecule has 0 unspecified atom stereocenters. The summed E-state index contributed by atoms with van der Waals surface area (Å²) in [5, 5.41) is 7.79. The predicted molar refractivity (Wildman–Crippen MR) is 124 cm³/mol. The van der Waals surface area contributed by atoms with Gasteiger partial charge in [0, 0.05) is 35.1 Å². The van der Waals surface area contributed by atoms with Crippen molar-refractivity contribution in [3.8, 4) is 17.0 Å². The third kappa shape index (κ3) is 4.96. The van der Waals surface area contributed by atoms with E-state index in [2.05, 4.69) is 25.6 Å². The van der Waals surface area contributed by atoms with Crippen LogP contribution in [0, 0.1) is 5.82 Å². The van der Waals surface area contributed by atoms with Crippen LogP contribution in [0.1, 0.15) is 23.2 Å². The van der Waals surface area contributed by atoms with Gasteiger partial charge in [-0.15, -0.1) is 0 Å². The monoisotopic (exact) mass is 443 g/mol. The maximum Gasteiger partial charge on any atom is 0.256 e. The average Bonchev–Trinajstić information content (AvgIpc) is 2.85. The highest BCUT2D eigenvalue weighted by Gasteiger charge is 2.15. The molecule has 5 rings (SSSR count). The van der Waals surface area contributed by atoms with Gasteiger partial charge in [0.05, 0.1) is 11.9 Å². The molecule has 7 nitrogen and oxygen atoms in total. The summed E-state index contributed by atoms with van der Waals surface area (Å²) in [6.45, 7) is 1.91. The molecule has 0 radical (unpaired) electrons. The van der Waals surface area contributed by atoms with E-state index in [-0.39, 0.29) is 12.0 Å². The molecule has 3 aromatic heterocycles. The maximum absolute atomic E-state index is 13.1. The lowest BCUT2D eigenvalue weighted by Gasteiger charge is -2.23. The highest BCUT2D eigenvalue weighted by molar-refractivity contribution is 6.04. The van der Waals surface area contributed by atoms with Crippen molar-refractivity contribution in [1.82, 2.24) is 20.3 Å². The minimum atomic E-state index is -0.393. The van der Waals surface area contributed by atoms with Gasteiger partial charge in [0.25, 0.3) is 5.91 Å². The zero-order chi connectivity index (χ0) is 22.6. The zero-order valence-corrected chi connectivity index (χ0v) is 17.8. The van der Waals surface area contributed by atoms with Gasteiger partial charge in [0.15, 0.2) is 0 Å². The number of nitrogens with one attached hydrogen (secondary N) is 2. The van der Waals surface area contributed by atoms with Crippen molar-refractivity contribution in [3.63, 3.8) is 0 Å². The number of aromatic nitrogens is 3. The van der Waals surface area contributed by atoms with E-state index < -0.39 is 5.82 Å². The van der Waals surface area contributed by atoms with Crippen LogP contribution in [0.15, 0.2) is 67.3 Å². The number of halogens is 1. The van der Waals surface area contributed by atoms with Gasteiger partial charge >= 0.3 is 0 Å². The average molecular weight is 443 g/mol. The van der Waals surface area contributed by atoms with Crippen LogP contribution in [-0.4, -0.2) is 40.1 Å². The van der Waals surface area contributed by atoms with Crippen molar-refractivity contribution in [2.24, 2.45) is 0 Å². The number of carbonyl (C=O) groups is 1. The minimum Gasteiger partial charge on any atom is -0.489 e. The molecule has 0 spiro atoms. The molecule has 1 fully saturated rings. The van der Waals surface area contributed by atoms with Gasteiger partial charge in [0.2, 0.25) is 0 Å². The number of amides is 1. The Morgan fingerprint density at radius 2 is 1.76 bits per heavy atom. The Balaban J connectivity index is 1.37. The fourth-order valence-corrected chi connectivity index (χ4v) is 3.78. The molecular weight excluding hydrogens is 421 g/mol. The SMILES string of the molecule is O=C(Nc1cc2cc(-c3cncc(OC4CCNCC4)c3)ncc2cn1)c1ccc(F)cc1. The molecule has 166 valence electrons. The molecule has 1 amide bonds. The van der Waals surface area contributed by atoms with E-state index in [1.807, 2.05) is 12.1 Å². The molecule has 8 heteroatoms. The minimum absolute atomic E-state index is 0.186. The van der Waals surface area contributed by atoms with Crippen LogP contribution in [0.3, 0.4) is 0 Å². The van der Waals surface area contributed by atoms with Crippen molar-refractivity contribution >= 4 is 22.5 Å². The molecule has 33 heavy (non-hydrogen) atoms. The summed E-state index contributed by atoms with van der Waals surface area (Å²) in [7, 11) is 0. The molecule has 0 bridgehead atoms. The van der Waals surface area contributed by atoms with Crippen LogP contribution in [-0.2, 0) is 0 Å². The molecule has 0 aliphatic carbocycles. The van der Waals surface area contributed by atoms with E-state index >= 15 is 0 Å². The van der Waals surface area contributed by atoms with Crippen molar-refractivity contribution in [3.05, 3.63) is 78.6 Å². The highest BCUT2D eigenvalue weighted by atomic mass is 19.1. The summed E-state index contributed by atoms with van der Waals surface area (Å²) in [6, 6.07) is 11.0. The van der Waals surface area contributed by atoms with Gasteiger partial charge in [-0.2, -0.15) is 0 Å². The summed E-state index contributed by atoms with van der Waals surface area (Å²) < 4.78 is 19.2. The lowest BCUT2D eigenvalue weighted by molar-refractivity contribution is 0.102. The number of anilines is 1. The van der Waals surface area contributed by atoms with Crippen LogP contribution >= 0.6 is 0 Å². The lowest BCUT2D eigenvalue weighted by Crippen LogP contribution is -2.34. The van der Waals surface area contributed by atoms with Gasteiger partial charge in [-0.05, 0) is 73.8 Å². The number of piperidine rings is 1. The first-order valence-electron chi connectivity index (χ1n) is 10.8. The summed E-state index contributed by atoms with van der Waals surface area (Å²) in [5.74, 6) is 0.372. The number of nitrogens with zero attached hydrogens (tertiary/aromatic N) is 3. The molecule has 1 aromatic carbocycles. The van der Waals surface area contributed by atoms with E-state index in [0.717, 1.165) is 53.7 Å². The van der Waals surface area contributed by atoms with Gasteiger partial charge < -0.3 is 15.4 Å². The van der Waals surface area contributed by atoms with Crippen molar-refractivity contribution in [2.75, 3.05) is 18.4 Å². The van der Waals surface area contributed by atoms with E-state index in [4.69, 9.17) is 4.74 Å². The van der Waals surface area contributed by atoms with E-state index in [1.54, 1.807) is 30.9 Å². The molecule has 1 saturated heterocycles. The summed E-state index contributed by atoms with van der Waals surface area (Å²) >= 11 is 0. The first-order valence-corrected chi connectivity index (χ1v) is 10.8. The van der Waals surface area contributed by atoms with E-state index in [9.17, 15) is 9.18 Å². The standard InChI is InChI=1S/C25H22FN5O2/c26-20-3-1-16(2-4-20)25(32)31-24-11-17-10-23(29-13-19(17)14-30-24)18-9-22(15-28-12-18)33-21-5-7-27-8-6-21/h1-4,9-15,21,27H,5-8H2,(H,30,31,32). The molecule has 4 aromatic rings. The van der Waals surface area contributed by atoms with Crippen LogP contribution in [0.5, 0.6) is 5.75 Å². The Morgan fingerprint density at radius 3 is 2.58 bits per heavy atom. The Morgan fingerprint density at radius 1 is 0.970 bits per heavy atom. The van der Waals surface area contributed by atoms with Crippen molar-refractivity contribution in [2.45, 2.75) is 18.9 Å². The third-order valence-electron chi connectivity index (χ3n) is 5.55. The van der Waals surface area contributed by atoms with Crippen LogP contribution in [0.25, 0.3) is 22.0 Å². The number of rotatable bonds is 5. The first kappa shape index (κ1) is 21.0. The number of ether oxygens (including phenoxy) is 1. The summed E-state index contributed by atoms with van der Waals surface area (Å²) in [5.41, 5.74) is 1.94. The Labute approximate surface area is 190 Å². The maximum atomic E-state index is 13.1. The molecule has 1 aliphatic heterocycles. The summed E-state index contributed by atoms with van der Waals surface area (Å²) in [4.78, 5) is 25.6. The quantitative estimate of drug-likeness (QED) is 0.480. The number of benzene rings is 1. The van der Waals surface area contributed by atoms with E-state index in [0.29, 0.717) is 11.4 Å². The number of pyridine rings is 3. The summed E-state index contributed by atoms with van der Waals surface area (Å²) in [6.07, 6.45) is 8.99. The second-order valence-corrected chi connectivity index (χ2v) is 7.92. The Bertz CT molecular complexity index is 1290. The van der Waals surface area contributed by atoms with E-state index in [1.165, 1.54) is 24.3 Å². The fourth-order valence-electron chi connectivity index (χ4n) is 3.78. The third-order valence-corrected chi connectivity index (χ3v) is 5.55.